The molecule has 2 aliphatic heterocycles. The average Bonchev–Trinajstić information content (AvgIpc) is 2.76. The van der Waals surface area contributed by atoms with Crippen LogP contribution in [0.4, 0.5) is 0 Å². The largest absolute Gasteiger partial charge is 0.374 e. The SMILES string of the molecule is C=CC1([C@@H]2OCC[C@H]2CC)CO1. The zero-order valence-electron chi connectivity index (χ0n) is 7.58. The Bertz CT molecular complexity index is 184. The molecule has 1 unspecified atom stereocenters. The maximum absolute atomic E-state index is 5.68. The molecule has 2 rings (SSSR count). The van der Waals surface area contributed by atoms with Crippen molar-refractivity contribution in [2.24, 2.45) is 5.92 Å². The first-order valence-electron chi connectivity index (χ1n) is 4.71. The van der Waals surface area contributed by atoms with Gasteiger partial charge in [-0.2, -0.15) is 0 Å². The highest BCUT2D eigenvalue weighted by Crippen LogP contribution is 2.42. The topological polar surface area (TPSA) is 21.8 Å². The van der Waals surface area contributed by atoms with E-state index in [0.29, 0.717) is 5.92 Å². The van der Waals surface area contributed by atoms with E-state index in [-0.39, 0.29) is 11.7 Å². The number of epoxide rings is 1. The Morgan fingerprint density at radius 2 is 2.42 bits per heavy atom. The molecule has 2 nitrogen and oxygen atoms in total. The van der Waals surface area contributed by atoms with Crippen LogP contribution in [0.5, 0.6) is 0 Å². The first-order valence-corrected chi connectivity index (χ1v) is 4.71. The zero-order chi connectivity index (χ0) is 8.60. The van der Waals surface area contributed by atoms with Crippen LogP contribution < -0.4 is 0 Å². The van der Waals surface area contributed by atoms with Crippen molar-refractivity contribution in [3.8, 4) is 0 Å². The van der Waals surface area contributed by atoms with Crippen molar-refractivity contribution in [2.45, 2.75) is 31.5 Å². The smallest absolute Gasteiger partial charge is 0.136 e. The summed E-state index contributed by atoms with van der Waals surface area (Å²) in [5, 5.41) is 0. The Kier molecular flexibility index (Phi) is 1.97. The lowest BCUT2D eigenvalue weighted by Crippen LogP contribution is -2.32. The van der Waals surface area contributed by atoms with Crippen molar-refractivity contribution in [3.63, 3.8) is 0 Å². The normalized spacial score (nSPS) is 46.1. The van der Waals surface area contributed by atoms with Gasteiger partial charge in [-0.25, -0.2) is 0 Å². The van der Waals surface area contributed by atoms with Crippen LogP contribution in [0.1, 0.15) is 19.8 Å². The van der Waals surface area contributed by atoms with Crippen molar-refractivity contribution < 1.29 is 9.47 Å². The highest BCUT2D eigenvalue weighted by Gasteiger charge is 2.54. The summed E-state index contributed by atoms with van der Waals surface area (Å²) in [6.07, 6.45) is 4.55. The highest BCUT2D eigenvalue weighted by atomic mass is 16.6. The molecule has 2 heterocycles. The maximum atomic E-state index is 5.68. The molecule has 0 amide bonds. The van der Waals surface area contributed by atoms with E-state index < -0.39 is 0 Å². The maximum Gasteiger partial charge on any atom is 0.136 e. The summed E-state index contributed by atoms with van der Waals surface area (Å²) in [6.45, 7) is 7.71. The van der Waals surface area contributed by atoms with E-state index in [4.69, 9.17) is 9.47 Å². The van der Waals surface area contributed by atoms with Gasteiger partial charge in [0.1, 0.15) is 5.60 Å². The lowest BCUT2D eigenvalue weighted by Gasteiger charge is -2.21. The molecule has 0 spiro atoms. The highest BCUT2D eigenvalue weighted by molar-refractivity contribution is 5.14. The Balaban J connectivity index is 2.07. The molecular formula is C10H16O2. The van der Waals surface area contributed by atoms with Gasteiger partial charge in [0.2, 0.25) is 0 Å². The third-order valence-corrected chi connectivity index (χ3v) is 3.04. The molecule has 0 aromatic rings. The lowest BCUT2D eigenvalue weighted by molar-refractivity contribution is 0.0387. The van der Waals surface area contributed by atoms with Gasteiger partial charge in [0, 0.05) is 6.61 Å². The molecule has 3 atom stereocenters. The minimum atomic E-state index is -0.114. The van der Waals surface area contributed by atoms with Crippen molar-refractivity contribution in [2.75, 3.05) is 13.2 Å². The van der Waals surface area contributed by atoms with Crippen LogP contribution in [0.2, 0.25) is 0 Å². The molecule has 0 N–H and O–H groups in total. The van der Waals surface area contributed by atoms with Crippen LogP contribution in [-0.4, -0.2) is 24.9 Å². The summed E-state index contributed by atoms with van der Waals surface area (Å²) in [6, 6.07) is 0. The fourth-order valence-corrected chi connectivity index (χ4v) is 2.07. The average molecular weight is 168 g/mol. The Morgan fingerprint density at radius 3 is 2.92 bits per heavy atom. The van der Waals surface area contributed by atoms with Crippen molar-refractivity contribution in [3.05, 3.63) is 12.7 Å². The summed E-state index contributed by atoms with van der Waals surface area (Å²) in [7, 11) is 0. The van der Waals surface area contributed by atoms with Crippen molar-refractivity contribution >= 4 is 0 Å². The first-order chi connectivity index (χ1) is 5.82. The predicted octanol–water partition coefficient (Wildman–Crippen LogP) is 1.76. The molecule has 0 saturated carbocycles. The minimum Gasteiger partial charge on any atom is -0.374 e. The van der Waals surface area contributed by atoms with E-state index in [1.54, 1.807) is 0 Å². The molecule has 0 aliphatic carbocycles. The summed E-state index contributed by atoms with van der Waals surface area (Å²) >= 11 is 0. The van der Waals surface area contributed by atoms with E-state index in [1.165, 1.54) is 12.8 Å². The minimum absolute atomic E-state index is 0.114. The predicted molar refractivity (Wildman–Crippen MR) is 47.0 cm³/mol. The zero-order valence-corrected chi connectivity index (χ0v) is 7.58. The molecule has 2 fully saturated rings. The summed E-state index contributed by atoms with van der Waals surface area (Å²) in [5.74, 6) is 0.672. The second kappa shape index (κ2) is 2.86. The Labute approximate surface area is 73.5 Å². The van der Waals surface area contributed by atoms with Crippen molar-refractivity contribution in [1.29, 1.82) is 0 Å². The molecule has 2 saturated heterocycles. The van der Waals surface area contributed by atoms with Crippen LogP contribution in [-0.2, 0) is 9.47 Å². The number of hydrogen-bond donors (Lipinski definition) is 0. The second-order valence-electron chi connectivity index (χ2n) is 3.70. The van der Waals surface area contributed by atoms with Gasteiger partial charge in [0.25, 0.3) is 0 Å². The Hall–Kier alpha value is -0.340. The van der Waals surface area contributed by atoms with Gasteiger partial charge in [0.15, 0.2) is 0 Å². The molecule has 2 aliphatic rings. The standard InChI is InChI=1S/C10H16O2/c1-3-8-5-6-11-9(8)10(4-2)7-12-10/h4,8-9H,2-3,5-7H2,1H3/t8-,9-,10?/m1/s1. The molecule has 0 radical (unpaired) electrons. The molecule has 12 heavy (non-hydrogen) atoms. The molecule has 0 aromatic carbocycles. The monoisotopic (exact) mass is 168 g/mol. The van der Waals surface area contributed by atoms with E-state index in [2.05, 4.69) is 13.5 Å². The number of ether oxygens (including phenoxy) is 2. The molecule has 2 heteroatoms. The van der Waals surface area contributed by atoms with Gasteiger partial charge in [-0.1, -0.05) is 19.4 Å². The quantitative estimate of drug-likeness (QED) is 0.473. The third-order valence-electron chi connectivity index (χ3n) is 3.04. The number of hydrogen-bond acceptors (Lipinski definition) is 2. The van der Waals surface area contributed by atoms with Crippen LogP contribution in [0, 0.1) is 5.92 Å². The first kappa shape index (κ1) is 8.27. The van der Waals surface area contributed by atoms with Gasteiger partial charge >= 0.3 is 0 Å². The molecular weight excluding hydrogens is 152 g/mol. The molecule has 68 valence electrons. The summed E-state index contributed by atoms with van der Waals surface area (Å²) in [4.78, 5) is 0. The van der Waals surface area contributed by atoms with E-state index in [9.17, 15) is 0 Å². The van der Waals surface area contributed by atoms with Crippen LogP contribution in [0.3, 0.4) is 0 Å². The van der Waals surface area contributed by atoms with Gasteiger partial charge < -0.3 is 9.47 Å². The lowest BCUT2D eigenvalue weighted by atomic mass is 9.89. The van der Waals surface area contributed by atoms with Crippen molar-refractivity contribution in [1.82, 2.24) is 0 Å². The van der Waals surface area contributed by atoms with Gasteiger partial charge in [-0.05, 0) is 12.3 Å². The summed E-state index contributed by atoms with van der Waals surface area (Å²) < 4.78 is 11.1. The van der Waals surface area contributed by atoms with E-state index >= 15 is 0 Å². The molecule has 0 aromatic heterocycles. The van der Waals surface area contributed by atoms with Gasteiger partial charge in [0.05, 0.1) is 12.7 Å². The number of rotatable bonds is 3. The summed E-state index contributed by atoms with van der Waals surface area (Å²) in [5.41, 5.74) is -0.114. The van der Waals surface area contributed by atoms with E-state index in [1.807, 2.05) is 6.08 Å². The third kappa shape index (κ3) is 1.10. The Morgan fingerprint density at radius 1 is 1.67 bits per heavy atom. The second-order valence-corrected chi connectivity index (χ2v) is 3.70. The van der Waals surface area contributed by atoms with Gasteiger partial charge in [-0.15, -0.1) is 6.58 Å². The van der Waals surface area contributed by atoms with Crippen LogP contribution >= 0.6 is 0 Å². The fourth-order valence-electron chi connectivity index (χ4n) is 2.07. The fraction of sp³-hybridized carbons (Fsp3) is 0.800. The van der Waals surface area contributed by atoms with E-state index in [0.717, 1.165) is 13.2 Å². The molecule has 0 bridgehead atoms. The van der Waals surface area contributed by atoms with Gasteiger partial charge in [-0.3, -0.25) is 0 Å². The van der Waals surface area contributed by atoms with Crippen LogP contribution in [0.15, 0.2) is 12.7 Å². The van der Waals surface area contributed by atoms with Crippen LogP contribution in [0.25, 0.3) is 0 Å².